The number of carbonyl (C=O) groups excluding carboxylic acids is 2. The number of rotatable bonds is 50. The fourth-order valence-electron chi connectivity index (χ4n) is 7.28. The van der Waals surface area contributed by atoms with Crippen LogP contribution in [0.25, 0.3) is 0 Å². The second-order valence-corrected chi connectivity index (χ2v) is 19.2. The molecule has 9 nitrogen and oxygen atoms in total. The number of carbonyl (C=O) groups is 2. The summed E-state index contributed by atoms with van der Waals surface area (Å²) in [5.74, 6) is -0.840. The number of nitrogens with two attached hydrogens (primary N) is 1. The molecule has 10 heteroatoms. The molecule has 0 aliphatic rings. The van der Waals surface area contributed by atoms with Gasteiger partial charge in [0.1, 0.15) is 6.61 Å². The van der Waals surface area contributed by atoms with E-state index >= 15 is 0 Å². The van der Waals surface area contributed by atoms with Gasteiger partial charge in [-0.25, -0.2) is 4.57 Å². The summed E-state index contributed by atoms with van der Waals surface area (Å²) in [6.45, 7) is 3.61. The molecule has 0 saturated carbocycles. The normalized spacial score (nSPS) is 13.8. The first-order valence-electron chi connectivity index (χ1n) is 27.1. The lowest BCUT2D eigenvalue weighted by atomic mass is 10.0. The standard InChI is InChI=1S/C57H100NO8P/c1-3-5-7-9-11-13-15-17-19-20-21-22-23-24-25-26-27-28-29-30-31-32-33-34-36-38-40-42-44-46-48-50-57(60)66-55(54-65-67(61,62)64-52-51-58)53-63-56(59)49-47-45-43-41-39-37-35-18-16-14-12-10-8-6-4-2/h5,7,11,13,17-19,21-22,24-25,27-28,35,55H,3-4,6,8-10,12,14-16,20,23,26,29-34,36-54,58H2,1-2H3,(H,61,62)/b7-5-,13-11-,19-17-,22-21-,25-24-,28-27-,35-18-. The van der Waals surface area contributed by atoms with Gasteiger partial charge < -0.3 is 20.1 Å². The average molecular weight is 958 g/mol. The molecule has 0 fully saturated rings. The topological polar surface area (TPSA) is 134 Å². The van der Waals surface area contributed by atoms with E-state index in [-0.39, 0.29) is 32.6 Å². The van der Waals surface area contributed by atoms with Crippen LogP contribution in [-0.4, -0.2) is 49.3 Å². The van der Waals surface area contributed by atoms with Gasteiger partial charge in [0.2, 0.25) is 0 Å². The van der Waals surface area contributed by atoms with Crippen LogP contribution in [0.2, 0.25) is 0 Å². The predicted molar refractivity (Wildman–Crippen MR) is 284 cm³/mol. The molecule has 0 aliphatic heterocycles. The molecule has 0 aromatic carbocycles. The van der Waals surface area contributed by atoms with Crippen LogP contribution in [0.1, 0.15) is 232 Å². The van der Waals surface area contributed by atoms with E-state index in [1.165, 1.54) is 103 Å². The van der Waals surface area contributed by atoms with Gasteiger partial charge >= 0.3 is 19.8 Å². The molecule has 0 radical (unpaired) electrons. The third-order valence-corrected chi connectivity index (χ3v) is 12.2. The van der Waals surface area contributed by atoms with Crippen molar-refractivity contribution in [3.63, 3.8) is 0 Å². The van der Waals surface area contributed by atoms with E-state index in [2.05, 4.69) is 98.9 Å². The molecule has 0 aromatic heterocycles. The molecule has 0 aliphatic carbocycles. The minimum Gasteiger partial charge on any atom is -0.462 e. The van der Waals surface area contributed by atoms with E-state index in [1.54, 1.807) is 0 Å². The third-order valence-electron chi connectivity index (χ3n) is 11.3. The smallest absolute Gasteiger partial charge is 0.462 e. The Bertz CT molecular complexity index is 1370. The molecule has 0 heterocycles. The molecule has 0 bridgehead atoms. The Morgan fingerprint density at radius 2 is 0.821 bits per heavy atom. The molecule has 67 heavy (non-hydrogen) atoms. The van der Waals surface area contributed by atoms with E-state index in [0.29, 0.717) is 6.42 Å². The Morgan fingerprint density at radius 1 is 0.463 bits per heavy atom. The maximum atomic E-state index is 12.7. The van der Waals surface area contributed by atoms with Crippen molar-refractivity contribution in [3.8, 4) is 0 Å². The maximum absolute atomic E-state index is 12.7. The monoisotopic (exact) mass is 958 g/mol. The number of unbranched alkanes of at least 4 members (excludes halogenated alkanes) is 23. The van der Waals surface area contributed by atoms with E-state index in [4.69, 9.17) is 24.3 Å². The third kappa shape index (κ3) is 52.4. The Balaban J connectivity index is 3.99. The maximum Gasteiger partial charge on any atom is 0.472 e. The Kier molecular flexibility index (Phi) is 50.4. The SMILES string of the molecule is CC/C=C\C/C=C\C/C=C\C/C=C\C/C=C\C/C=C\CCCCCCCCCCCCCCC(=O)OC(COC(=O)CCCCCCC/C=C\CCCCCCCC)COP(=O)(O)OCCN. The van der Waals surface area contributed by atoms with Gasteiger partial charge in [-0.05, 0) is 89.9 Å². The van der Waals surface area contributed by atoms with Crippen LogP contribution in [-0.2, 0) is 32.7 Å². The highest BCUT2D eigenvalue weighted by Gasteiger charge is 2.26. The van der Waals surface area contributed by atoms with Gasteiger partial charge in [-0.15, -0.1) is 0 Å². The lowest BCUT2D eigenvalue weighted by Gasteiger charge is -2.19. The first-order chi connectivity index (χ1) is 32.8. The molecule has 3 N–H and O–H groups in total. The molecule has 0 saturated heterocycles. The van der Waals surface area contributed by atoms with E-state index in [9.17, 15) is 19.0 Å². The summed E-state index contributed by atoms with van der Waals surface area (Å²) in [5, 5.41) is 0. The quantitative estimate of drug-likeness (QED) is 0.0264. The number of esters is 2. The lowest BCUT2D eigenvalue weighted by molar-refractivity contribution is -0.161. The largest absolute Gasteiger partial charge is 0.472 e. The van der Waals surface area contributed by atoms with Crippen molar-refractivity contribution >= 4 is 19.8 Å². The van der Waals surface area contributed by atoms with Crippen molar-refractivity contribution in [3.05, 3.63) is 85.1 Å². The summed E-state index contributed by atoms with van der Waals surface area (Å²) in [5.41, 5.74) is 5.37. The summed E-state index contributed by atoms with van der Waals surface area (Å²) in [7, 11) is -4.39. The van der Waals surface area contributed by atoms with Crippen LogP contribution >= 0.6 is 7.82 Å². The van der Waals surface area contributed by atoms with Gasteiger partial charge in [-0.1, -0.05) is 214 Å². The number of phosphoric acid groups is 1. The van der Waals surface area contributed by atoms with Crippen LogP contribution in [0.5, 0.6) is 0 Å². The fourth-order valence-corrected chi connectivity index (χ4v) is 8.05. The average Bonchev–Trinajstić information content (AvgIpc) is 3.32. The minimum atomic E-state index is -4.39. The Hall–Kier alpha value is -2.81. The van der Waals surface area contributed by atoms with E-state index in [0.717, 1.165) is 96.3 Å². The van der Waals surface area contributed by atoms with Crippen LogP contribution in [0.4, 0.5) is 0 Å². The highest BCUT2D eigenvalue weighted by Crippen LogP contribution is 2.43. The fraction of sp³-hybridized carbons (Fsp3) is 0.719. The van der Waals surface area contributed by atoms with Gasteiger partial charge in [-0.3, -0.25) is 18.6 Å². The highest BCUT2D eigenvalue weighted by atomic mass is 31.2. The van der Waals surface area contributed by atoms with Crippen molar-refractivity contribution in [2.45, 2.75) is 238 Å². The van der Waals surface area contributed by atoms with E-state index in [1.807, 2.05) is 0 Å². The van der Waals surface area contributed by atoms with Gasteiger partial charge in [-0.2, -0.15) is 0 Å². The molecule has 386 valence electrons. The second-order valence-electron chi connectivity index (χ2n) is 17.7. The first-order valence-corrected chi connectivity index (χ1v) is 28.6. The summed E-state index contributed by atoms with van der Waals surface area (Å²) in [4.78, 5) is 35.1. The molecular weight excluding hydrogens is 858 g/mol. The van der Waals surface area contributed by atoms with Crippen molar-refractivity contribution in [2.24, 2.45) is 5.73 Å². The Morgan fingerprint density at radius 3 is 1.24 bits per heavy atom. The molecular formula is C57H100NO8P. The van der Waals surface area contributed by atoms with Crippen molar-refractivity contribution in [1.82, 2.24) is 0 Å². The van der Waals surface area contributed by atoms with Gasteiger partial charge in [0.25, 0.3) is 0 Å². The van der Waals surface area contributed by atoms with Gasteiger partial charge in [0.05, 0.1) is 13.2 Å². The van der Waals surface area contributed by atoms with E-state index < -0.39 is 32.5 Å². The van der Waals surface area contributed by atoms with Crippen LogP contribution in [0.3, 0.4) is 0 Å². The number of hydrogen-bond donors (Lipinski definition) is 2. The second kappa shape index (κ2) is 52.6. The summed E-state index contributed by atoms with van der Waals surface area (Å²) >= 11 is 0. The van der Waals surface area contributed by atoms with Crippen LogP contribution < -0.4 is 5.73 Å². The molecule has 0 aromatic rings. The van der Waals surface area contributed by atoms with Gasteiger partial charge in [0, 0.05) is 19.4 Å². The number of ether oxygens (including phenoxy) is 2. The minimum absolute atomic E-state index is 0.0492. The summed E-state index contributed by atoms with van der Waals surface area (Å²) in [6, 6.07) is 0. The molecule has 0 amide bonds. The predicted octanol–water partition coefficient (Wildman–Crippen LogP) is 16.7. The number of allylic oxidation sites excluding steroid dienone is 14. The van der Waals surface area contributed by atoms with Crippen molar-refractivity contribution in [2.75, 3.05) is 26.4 Å². The lowest BCUT2D eigenvalue weighted by Crippen LogP contribution is -2.29. The summed E-state index contributed by atoms with van der Waals surface area (Å²) < 4.78 is 32.9. The van der Waals surface area contributed by atoms with Crippen LogP contribution in [0.15, 0.2) is 85.1 Å². The van der Waals surface area contributed by atoms with Crippen molar-refractivity contribution in [1.29, 1.82) is 0 Å². The molecule has 0 spiro atoms. The zero-order valence-electron chi connectivity index (χ0n) is 42.9. The number of phosphoric ester groups is 1. The zero-order chi connectivity index (χ0) is 48.8. The summed E-state index contributed by atoms with van der Waals surface area (Å²) in [6.07, 6.45) is 67.7. The molecule has 0 rings (SSSR count). The number of hydrogen-bond acceptors (Lipinski definition) is 8. The van der Waals surface area contributed by atoms with Gasteiger partial charge in [0.15, 0.2) is 6.10 Å². The van der Waals surface area contributed by atoms with Crippen LogP contribution in [0, 0.1) is 0 Å². The Labute approximate surface area is 411 Å². The zero-order valence-corrected chi connectivity index (χ0v) is 43.8. The van der Waals surface area contributed by atoms with Crippen molar-refractivity contribution < 1.29 is 37.6 Å². The molecule has 2 atom stereocenters. The highest BCUT2D eigenvalue weighted by molar-refractivity contribution is 7.47. The first kappa shape index (κ1) is 64.2. The molecule has 2 unspecified atom stereocenters.